The molecule has 6 heteroatoms. The standard InChI is InChI=1S/C11H13NO5/c1-6(10(12)14)17-11(15)8-5-7(16-2)3-4-9(8)13/h3-6,13H,1-2H3,(H2,12,14). The second kappa shape index (κ2) is 5.20. The summed E-state index contributed by atoms with van der Waals surface area (Å²) in [5.41, 5.74) is 4.87. The molecular formula is C11H13NO5. The summed E-state index contributed by atoms with van der Waals surface area (Å²) in [5, 5.41) is 9.48. The van der Waals surface area contributed by atoms with Crippen molar-refractivity contribution in [3.63, 3.8) is 0 Å². The fraction of sp³-hybridized carbons (Fsp3) is 0.273. The van der Waals surface area contributed by atoms with E-state index in [1.54, 1.807) is 0 Å². The maximum absolute atomic E-state index is 11.6. The molecule has 0 heterocycles. The van der Waals surface area contributed by atoms with Gasteiger partial charge in [-0.3, -0.25) is 4.79 Å². The van der Waals surface area contributed by atoms with Crippen LogP contribution in [0.15, 0.2) is 18.2 Å². The van der Waals surface area contributed by atoms with Crippen LogP contribution in [0, 0.1) is 0 Å². The SMILES string of the molecule is COc1ccc(O)c(C(=O)OC(C)C(N)=O)c1. The zero-order valence-corrected chi connectivity index (χ0v) is 9.47. The van der Waals surface area contributed by atoms with E-state index in [1.165, 1.54) is 32.2 Å². The molecule has 92 valence electrons. The Morgan fingerprint density at radius 2 is 2.06 bits per heavy atom. The van der Waals surface area contributed by atoms with E-state index in [0.29, 0.717) is 5.75 Å². The van der Waals surface area contributed by atoms with Crippen molar-refractivity contribution in [3.05, 3.63) is 23.8 Å². The molecule has 1 aromatic rings. The molecule has 0 aliphatic heterocycles. The number of primary amides is 1. The molecule has 0 spiro atoms. The lowest BCUT2D eigenvalue weighted by molar-refractivity contribution is -0.125. The highest BCUT2D eigenvalue weighted by molar-refractivity contribution is 5.94. The molecule has 0 fully saturated rings. The first-order valence-electron chi connectivity index (χ1n) is 4.83. The van der Waals surface area contributed by atoms with Gasteiger partial charge in [-0.15, -0.1) is 0 Å². The summed E-state index contributed by atoms with van der Waals surface area (Å²) in [6.07, 6.45) is -1.06. The molecule has 0 saturated carbocycles. The van der Waals surface area contributed by atoms with E-state index in [-0.39, 0.29) is 11.3 Å². The highest BCUT2D eigenvalue weighted by atomic mass is 16.5. The summed E-state index contributed by atoms with van der Waals surface area (Å²) in [7, 11) is 1.42. The van der Waals surface area contributed by atoms with Crippen molar-refractivity contribution in [2.24, 2.45) is 5.73 Å². The predicted molar refractivity (Wildman–Crippen MR) is 58.7 cm³/mol. The molecule has 1 aromatic carbocycles. The van der Waals surface area contributed by atoms with Crippen molar-refractivity contribution in [1.29, 1.82) is 0 Å². The summed E-state index contributed by atoms with van der Waals surface area (Å²) in [6.45, 7) is 1.34. The van der Waals surface area contributed by atoms with Crippen LogP contribution in [0.5, 0.6) is 11.5 Å². The van der Waals surface area contributed by atoms with Gasteiger partial charge >= 0.3 is 5.97 Å². The van der Waals surface area contributed by atoms with Crippen molar-refractivity contribution >= 4 is 11.9 Å². The van der Waals surface area contributed by atoms with Crippen LogP contribution < -0.4 is 10.5 Å². The molecule has 1 amide bonds. The minimum absolute atomic E-state index is 0.0857. The van der Waals surface area contributed by atoms with Crippen molar-refractivity contribution in [3.8, 4) is 11.5 Å². The molecule has 0 aromatic heterocycles. The monoisotopic (exact) mass is 239 g/mol. The van der Waals surface area contributed by atoms with E-state index in [1.807, 2.05) is 0 Å². The van der Waals surface area contributed by atoms with Crippen LogP contribution in [0.4, 0.5) is 0 Å². The number of methoxy groups -OCH3 is 1. The zero-order chi connectivity index (χ0) is 13.0. The Hall–Kier alpha value is -2.24. The van der Waals surface area contributed by atoms with E-state index in [0.717, 1.165) is 0 Å². The second-order valence-electron chi connectivity index (χ2n) is 3.33. The number of hydrogen-bond donors (Lipinski definition) is 2. The third-order valence-corrected chi connectivity index (χ3v) is 2.11. The Morgan fingerprint density at radius 3 is 2.59 bits per heavy atom. The average Bonchev–Trinajstić information content (AvgIpc) is 2.29. The predicted octanol–water partition coefficient (Wildman–Crippen LogP) is 0.431. The lowest BCUT2D eigenvalue weighted by Crippen LogP contribution is -2.30. The fourth-order valence-electron chi connectivity index (χ4n) is 1.09. The summed E-state index contributed by atoms with van der Waals surface area (Å²) in [6, 6.07) is 4.10. The Bertz CT molecular complexity index is 443. The molecule has 6 nitrogen and oxygen atoms in total. The molecule has 1 unspecified atom stereocenters. The lowest BCUT2D eigenvalue weighted by atomic mass is 10.2. The third kappa shape index (κ3) is 3.10. The summed E-state index contributed by atoms with van der Waals surface area (Å²) in [4.78, 5) is 22.3. The second-order valence-corrected chi connectivity index (χ2v) is 3.33. The topological polar surface area (TPSA) is 98.8 Å². The lowest BCUT2D eigenvalue weighted by Gasteiger charge is -2.11. The number of amides is 1. The number of carbonyl (C=O) groups excluding carboxylic acids is 2. The van der Waals surface area contributed by atoms with Gasteiger partial charge in [0.05, 0.1) is 7.11 Å². The van der Waals surface area contributed by atoms with Crippen molar-refractivity contribution in [2.45, 2.75) is 13.0 Å². The molecule has 0 radical (unpaired) electrons. The van der Waals surface area contributed by atoms with Crippen LogP contribution in [0.25, 0.3) is 0 Å². The number of rotatable bonds is 4. The number of phenols is 1. The molecule has 0 saturated heterocycles. The van der Waals surface area contributed by atoms with Gasteiger partial charge in [0.1, 0.15) is 17.1 Å². The maximum atomic E-state index is 11.6. The van der Waals surface area contributed by atoms with Gasteiger partial charge in [0.25, 0.3) is 5.91 Å². The highest BCUT2D eigenvalue weighted by Crippen LogP contribution is 2.23. The van der Waals surface area contributed by atoms with E-state index in [9.17, 15) is 14.7 Å². The average molecular weight is 239 g/mol. The number of nitrogens with two attached hydrogens (primary N) is 1. The maximum Gasteiger partial charge on any atom is 0.342 e. The number of esters is 1. The van der Waals surface area contributed by atoms with Crippen LogP contribution in [0.3, 0.4) is 0 Å². The van der Waals surface area contributed by atoms with Gasteiger partial charge in [0.15, 0.2) is 6.10 Å². The Kier molecular flexibility index (Phi) is 3.92. The Morgan fingerprint density at radius 1 is 1.41 bits per heavy atom. The van der Waals surface area contributed by atoms with Gasteiger partial charge in [-0.1, -0.05) is 0 Å². The summed E-state index contributed by atoms with van der Waals surface area (Å²) < 4.78 is 9.65. The number of carbonyl (C=O) groups is 2. The zero-order valence-electron chi connectivity index (χ0n) is 9.47. The van der Waals surface area contributed by atoms with E-state index in [4.69, 9.17) is 15.2 Å². The first-order chi connectivity index (χ1) is 7.95. The van der Waals surface area contributed by atoms with E-state index >= 15 is 0 Å². The molecule has 17 heavy (non-hydrogen) atoms. The van der Waals surface area contributed by atoms with Gasteiger partial charge < -0.3 is 20.3 Å². The number of phenolic OH excluding ortho intramolecular Hbond substituents is 1. The van der Waals surface area contributed by atoms with Crippen LogP contribution >= 0.6 is 0 Å². The Labute approximate surface area is 97.9 Å². The van der Waals surface area contributed by atoms with Gasteiger partial charge in [-0.05, 0) is 25.1 Å². The van der Waals surface area contributed by atoms with Gasteiger partial charge in [0, 0.05) is 0 Å². The minimum Gasteiger partial charge on any atom is -0.507 e. The van der Waals surface area contributed by atoms with E-state index < -0.39 is 18.0 Å². The quantitative estimate of drug-likeness (QED) is 0.742. The first-order valence-corrected chi connectivity index (χ1v) is 4.83. The minimum atomic E-state index is -1.06. The summed E-state index contributed by atoms with van der Waals surface area (Å²) >= 11 is 0. The van der Waals surface area contributed by atoms with Gasteiger partial charge in [-0.25, -0.2) is 4.79 Å². The summed E-state index contributed by atoms with van der Waals surface area (Å²) in [5.74, 6) is -1.47. The molecular weight excluding hydrogens is 226 g/mol. The molecule has 1 rings (SSSR count). The molecule has 3 N–H and O–H groups in total. The normalized spacial score (nSPS) is 11.6. The first kappa shape index (κ1) is 12.8. The third-order valence-electron chi connectivity index (χ3n) is 2.11. The van der Waals surface area contributed by atoms with Crippen molar-refractivity contribution in [1.82, 2.24) is 0 Å². The van der Waals surface area contributed by atoms with E-state index in [2.05, 4.69) is 0 Å². The molecule has 1 atom stereocenters. The molecule has 0 bridgehead atoms. The number of ether oxygens (including phenoxy) is 2. The van der Waals surface area contributed by atoms with Crippen LogP contribution in [-0.4, -0.2) is 30.2 Å². The van der Waals surface area contributed by atoms with Crippen molar-refractivity contribution in [2.75, 3.05) is 7.11 Å². The van der Waals surface area contributed by atoms with Crippen LogP contribution in [-0.2, 0) is 9.53 Å². The largest absolute Gasteiger partial charge is 0.507 e. The number of hydrogen-bond acceptors (Lipinski definition) is 5. The number of aromatic hydroxyl groups is 1. The molecule has 0 aliphatic carbocycles. The van der Waals surface area contributed by atoms with Crippen molar-refractivity contribution < 1.29 is 24.2 Å². The fourth-order valence-corrected chi connectivity index (χ4v) is 1.09. The van der Waals surface area contributed by atoms with Crippen LogP contribution in [0.2, 0.25) is 0 Å². The van der Waals surface area contributed by atoms with Crippen LogP contribution in [0.1, 0.15) is 17.3 Å². The van der Waals surface area contributed by atoms with Gasteiger partial charge in [0.2, 0.25) is 0 Å². The highest BCUT2D eigenvalue weighted by Gasteiger charge is 2.19. The smallest absolute Gasteiger partial charge is 0.342 e. The Balaban J connectivity index is 2.91. The number of benzene rings is 1. The van der Waals surface area contributed by atoms with Gasteiger partial charge in [-0.2, -0.15) is 0 Å². The molecule has 0 aliphatic rings.